The molecule has 1 saturated carbocycles. The minimum Gasteiger partial charge on any atom is -0.491 e. The molecule has 0 saturated heterocycles. The van der Waals surface area contributed by atoms with Crippen LogP contribution in [-0.2, 0) is 19.1 Å². The number of esters is 2. The molecule has 0 atom stereocenters. The van der Waals surface area contributed by atoms with E-state index in [0.717, 1.165) is 0 Å². The lowest BCUT2D eigenvalue weighted by Crippen LogP contribution is -2.30. The maximum Gasteiger partial charge on any atom is 0.314 e. The molecule has 0 radical (unpaired) electrons. The zero-order chi connectivity index (χ0) is 24.2. The van der Waals surface area contributed by atoms with E-state index in [1.165, 1.54) is 0 Å². The number of hydrogen-bond donors (Lipinski definition) is 0. The molecule has 2 aromatic carbocycles. The van der Waals surface area contributed by atoms with Crippen LogP contribution in [0.15, 0.2) is 48.5 Å². The van der Waals surface area contributed by atoms with Crippen molar-refractivity contribution in [1.29, 1.82) is 0 Å². The van der Waals surface area contributed by atoms with Gasteiger partial charge in [-0.25, -0.2) is 0 Å². The fraction of sp³-hybridized carbons (Fsp3) is 0.462. The van der Waals surface area contributed by atoms with Crippen LogP contribution in [0.5, 0.6) is 23.0 Å². The Labute approximate surface area is 200 Å². The Morgan fingerprint density at radius 1 is 0.588 bits per heavy atom. The fourth-order valence-corrected chi connectivity index (χ4v) is 3.66. The summed E-state index contributed by atoms with van der Waals surface area (Å²) in [5.74, 6) is 1.30. The summed E-state index contributed by atoms with van der Waals surface area (Å²) >= 11 is 0. The van der Waals surface area contributed by atoms with E-state index in [0.29, 0.717) is 75.1 Å². The zero-order valence-electron chi connectivity index (χ0n) is 19.7. The Morgan fingerprint density at radius 3 is 1.24 bits per heavy atom. The molecule has 1 fully saturated rings. The molecule has 0 aliphatic heterocycles. The summed E-state index contributed by atoms with van der Waals surface area (Å²) in [7, 11) is 3.23. The standard InChI is InChI=1S/C26H32O8/c1-29-15-17-31-21-7-11-23(12-8-21)33-25(27)19-3-5-20(6-4-19)26(28)34-24-13-9-22(10-14-24)32-18-16-30-2/h7-14,19-20H,3-6,15-18H2,1-2H3. The number of benzene rings is 2. The highest BCUT2D eigenvalue weighted by molar-refractivity contribution is 5.77. The molecule has 3 rings (SSSR count). The highest BCUT2D eigenvalue weighted by atomic mass is 16.5. The first-order chi connectivity index (χ1) is 16.6. The third-order valence-corrected chi connectivity index (χ3v) is 5.59. The first-order valence-electron chi connectivity index (χ1n) is 11.5. The van der Waals surface area contributed by atoms with Crippen molar-refractivity contribution in [3.63, 3.8) is 0 Å². The van der Waals surface area contributed by atoms with E-state index in [1.54, 1.807) is 62.8 Å². The van der Waals surface area contributed by atoms with Crippen molar-refractivity contribution in [3.8, 4) is 23.0 Å². The maximum absolute atomic E-state index is 12.6. The summed E-state index contributed by atoms with van der Waals surface area (Å²) in [5, 5.41) is 0. The molecule has 8 heteroatoms. The SMILES string of the molecule is COCCOc1ccc(OC(=O)C2CCC(C(=O)Oc3ccc(OCCOC)cc3)CC2)cc1. The van der Waals surface area contributed by atoms with Crippen LogP contribution < -0.4 is 18.9 Å². The molecule has 0 bridgehead atoms. The van der Waals surface area contributed by atoms with Gasteiger partial charge in [-0.15, -0.1) is 0 Å². The third kappa shape index (κ3) is 8.04. The van der Waals surface area contributed by atoms with Gasteiger partial charge in [0.1, 0.15) is 36.2 Å². The molecule has 1 aliphatic rings. The van der Waals surface area contributed by atoms with Crippen LogP contribution in [0.1, 0.15) is 25.7 Å². The van der Waals surface area contributed by atoms with Crippen LogP contribution in [0.25, 0.3) is 0 Å². The minimum atomic E-state index is -0.274. The summed E-state index contributed by atoms with van der Waals surface area (Å²) in [4.78, 5) is 25.1. The van der Waals surface area contributed by atoms with Crippen molar-refractivity contribution in [2.45, 2.75) is 25.7 Å². The largest absolute Gasteiger partial charge is 0.491 e. The van der Waals surface area contributed by atoms with Crippen molar-refractivity contribution in [1.82, 2.24) is 0 Å². The molecular weight excluding hydrogens is 440 g/mol. The zero-order valence-corrected chi connectivity index (χ0v) is 19.7. The smallest absolute Gasteiger partial charge is 0.314 e. The first-order valence-corrected chi connectivity index (χ1v) is 11.5. The first kappa shape index (κ1) is 25.5. The van der Waals surface area contributed by atoms with Gasteiger partial charge in [-0.05, 0) is 74.2 Å². The van der Waals surface area contributed by atoms with Crippen molar-refractivity contribution in [2.24, 2.45) is 11.8 Å². The molecule has 184 valence electrons. The van der Waals surface area contributed by atoms with E-state index in [9.17, 15) is 9.59 Å². The van der Waals surface area contributed by atoms with Crippen LogP contribution in [0.3, 0.4) is 0 Å². The van der Waals surface area contributed by atoms with E-state index >= 15 is 0 Å². The Kier molecular flexibility index (Phi) is 10.2. The lowest BCUT2D eigenvalue weighted by Gasteiger charge is -2.25. The molecule has 0 N–H and O–H groups in total. The number of ether oxygens (including phenoxy) is 6. The second-order valence-electron chi connectivity index (χ2n) is 8.02. The lowest BCUT2D eigenvalue weighted by atomic mass is 9.82. The average Bonchev–Trinajstić information content (AvgIpc) is 2.86. The van der Waals surface area contributed by atoms with E-state index in [2.05, 4.69) is 0 Å². The van der Waals surface area contributed by atoms with Gasteiger partial charge in [-0.1, -0.05) is 0 Å². The van der Waals surface area contributed by atoms with Crippen LogP contribution in [-0.4, -0.2) is 52.6 Å². The molecule has 0 heterocycles. The van der Waals surface area contributed by atoms with Crippen LogP contribution >= 0.6 is 0 Å². The second kappa shape index (κ2) is 13.6. The van der Waals surface area contributed by atoms with Gasteiger partial charge in [0.05, 0.1) is 25.0 Å². The lowest BCUT2D eigenvalue weighted by molar-refractivity contribution is -0.145. The number of rotatable bonds is 12. The van der Waals surface area contributed by atoms with Gasteiger partial charge in [-0.3, -0.25) is 9.59 Å². The van der Waals surface area contributed by atoms with Crippen molar-refractivity contribution in [2.75, 3.05) is 40.6 Å². The molecule has 0 aromatic heterocycles. The number of methoxy groups -OCH3 is 2. The van der Waals surface area contributed by atoms with Crippen LogP contribution in [0, 0.1) is 11.8 Å². The summed E-state index contributed by atoms with van der Waals surface area (Å²) in [5.41, 5.74) is 0. The maximum atomic E-state index is 12.6. The van der Waals surface area contributed by atoms with Gasteiger partial charge in [0, 0.05) is 14.2 Å². The molecular formula is C26H32O8. The molecule has 0 spiro atoms. The van der Waals surface area contributed by atoms with Crippen LogP contribution in [0.4, 0.5) is 0 Å². The van der Waals surface area contributed by atoms with E-state index in [-0.39, 0.29) is 23.8 Å². The number of carbonyl (C=O) groups excluding carboxylic acids is 2. The highest BCUT2D eigenvalue weighted by Gasteiger charge is 2.32. The summed E-state index contributed by atoms with van der Waals surface area (Å²) in [6, 6.07) is 13.8. The predicted molar refractivity (Wildman–Crippen MR) is 124 cm³/mol. The van der Waals surface area contributed by atoms with Crippen molar-refractivity contribution in [3.05, 3.63) is 48.5 Å². The highest BCUT2D eigenvalue weighted by Crippen LogP contribution is 2.32. The van der Waals surface area contributed by atoms with Crippen LogP contribution in [0.2, 0.25) is 0 Å². The minimum absolute atomic E-state index is 0.231. The molecule has 0 unspecified atom stereocenters. The summed E-state index contributed by atoms with van der Waals surface area (Å²) < 4.78 is 31.9. The average molecular weight is 473 g/mol. The monoisotopic (exact) mass is 472 g/mol. The van der Waals surface area contributed by atoms with Gasteiger partial charge < -0.3 is 28.4 Å². The molecule has 1 aliphatic carbocycles. The topological polar surface area (TPSA) is 89.5 Å². The molecule has 2 aromatic rings. The van der Waals surface area contributed by atoms with E-state index in [4.69, 9.17) is 28.4 Å². The van der Waals surface area contributed by atoms with Gasteiger partial charge in [0.25, 0.3) is 0 Å². The fourth-order valence-electron chi connectivity index (χ4n) is 3.66. The van der Waals surface area contributed by atoms with Gasteiger partial charge in [0.2, 0.25) is 0 Å². The van der Waals surface area contributed by atoms with E-state index in [1.807, 2.05) is 0 Å². The normalized spacial score (nSPS) is 17.6. The van der Waals surface area contributed by atoms with Gasteiger partial charge in [0.15, 0.2) is 0 Å². The second-order valence-corrected chi connectivity index (χ2v) is 8.02. The van der Waals surface area contributed by atoms with Gasteiger partial charge >= 0.3 is 11.9 Å². The quantitative estimate of drug-likeness (QED) is 0.260. The predicted octanol–water partition coefficient (Wildman–Crippen LogP) is 4.05. The Hall–Kier alpha value is -3.10. The van der Waals surface area contributed by atoms with Crippen molar-refractivity contribution >= 4 is 11.9 Å². The van der Waals surface area contributed by atoms with Gasteiger partial charge in [-0.2, -0.15) is 0 Å². The summed E-state index contributed by atoms with van der Waals surface area (Å²) in [6.07, 6.45) is 2.35. The Morgan fingerprint density at radius 2 is 0.912 bits per heavy atom. The molecule has 8 nitrogen and oxygen atoms in total. The summed E-state index contributed by atoms with van der Waals surface area (Å²) in [6.45, 7) is 1.92. The number of carbonyl (C=O) groups is 2. The molecule has 34 heavy (non-hydrogen) atoms. The Bertz CT molecular complexity index is 811. The Balaban J connectivity index is 1.40. The number of hydrogen-bond acceptors (Lipinski definition) is 8. The van der Waals surface area contributed by atoms with Crippen molar-refractivity contribution < 1.29 is 38.0 Å². The third-order valence-electron chi connectivity index (χ3n) is 5.59. The molecule has 0 amide bonds. The van der Waals surface area contributed by atoms with E-state index < -0.39 is 0 Å².